The average molecular weight is 629 g/mol. The van der Waals surface area contributed by atoms with E-state index in [1.165, 1.54) is 16.2 Å². The normalized spacial score (nSPS) is 19.3. The molecule has 3 aromatic carbocycles. The minimum absolute atomic E-state index is 0.133. The fourth-order valence-corrected chi connectivity index (χ4v) is 8.45. The number of amides is 2. The predicted octanol–water partition coefficient (Wildman–Crippen LogP) is 5.17. The third kappa shape index (κ3) is 6.69. The molecule has 2 unspecified atom stereocenters. The summed E-state index contributed by atoms with van der Waals surface area (Å²) in [5, 5.41) is 11.5. The number of hydrogen-bond donors (Lipinski definition) is 1. The summed E-state index contributed by atoms with van der Waals surface area (Å²) in [5.74, 6) is -0.553. The van der Waals surface area contributed by atoms with E-state index < -0.39 is 23.5 Å². The number of nitrogens with zero attached hydrogens (tertiary/aromatic N) is 3. The van der Waals surface area contributed by atoms with Crippen molar-refractivity contribution in [2.24, 2.45) is 0 Å². The third-order valence-electron chi connectivity index (χ3n) is 7.00. The molecule has 2 aliphatic rings. The van der Waals surface area contributed by atoms with Crippen molar-refractivity contribution in [3.63, 3.8) is 0 Å². The minimum Gasteiger partial charge on any atom is -0.448 e. The summed E-state index contributed by atoms with van der Waals surface area (Å²) >= 11 is 4.60. The lowest BCUT2D eigenvalue weighted by atomic mass is 10.0. The van der Waals surface area contributed by atoms with Crippen LogP contribution in [-0.2, 0) is 25.5 Å². The van der Waals surface area contributed by atoms with Crippen LogP contribution >= 0.6 is 34.9 Å². The summed E-state index contributed by atoms with van der Waals surface area (Å²) in [5.41, 5.74) is 2.70. The van der Waals surface area contributed by atoms with Gasteiger partial charge in [-0.2, -0.15) is 0 Å². The molecule has 3 atom stereocenters. The van der Waals surface area contributed by atoms with E-state index in [2.05, 4.69) is 15.5 Å². The molecular formula is C32H28N4O4S3. The van der Waals surface area contributed by atoms with E-state index in [9.17, 15) is 14.4 Å². The SMILES string of the molecule is Cc1nnc(SCC2C=C(C(=O)OC(c3ccccc3)c3ccccc3)N3C(=O)C(NC(=O)Cc4ccccc4)[C@@H]3S2)s1. The van der Waals surface area contributed by atoms with Crippen molar-refractivity contribution < 1.29 is 19.1 Å². The van der Waals surface area contributed by atoms with E-state index in [4.69, 9.17) is 4.74 Å². The second-order valence-electron chi connectivity index (χ2n) is 10.0. The first-order chi connectivity index (χ1) is 21.0. The molecule has 1 aromatic heterocycles. The van der Waals surface area contributed by atoms with Crippen LogP contribution in [0, 0.1) is 6.92 Å². The predicted molar refractivity (Wildman–Crippen MR) is 168 cm³/mol. The molecule has 1 N–H and O–H groups in total. The quantitative estimate of drug-likeness (QED) is 0.146. The first-order valence-electron chi connectivity index (χ1n) is 13.7. The van der Waals surface area contributed by atoms with Crippen LogP contribution in [0.3, 0.4) is 0 Å². The highest BCUT2D eigenvalue weighted by molar-refractivity contribution is 8.04. The molecule has 0 bridgehead atoms. The molecule has 0 saturated carbocycles. The van der Waals surface area contributed by atoms with Crippen LogP contribution < -0.4 is 5.32 Å². The second kappa shape index (κ2) is 13.2. The lowest BCUT2D eigenvalue weighted by molar-refractivity contribution is -0.154. The van der Waals surface area contributed by atoms with E-state index in [1.807, 2.05) is 97.9 Å². The number of benzene rings is 3. The molecule has 11 heteroatoms. The fraction of sp³-hybridized carbons (Fsp3) is 0.219. The van der Waals surface area contributed by atoms with Crippen molar-refractivity contribution in [1.29, 1.82) is 0 Å². The maximum absolute atomic E-state index is 13.9. The molecule has 3 heterocycles. The molecule has 1 saturated heterocycles. The summed E-state index contributed by atoms with van der Waals surface area (Å²) in [6, 6.07) is 27.7. The van der Waals surface area contributed by atoms with E-state index in [0.29, 0.717) is 5.75 Å². The van der Waals surface area contributed by atoms with Gasteiger partial charge in [0, 0.05) is 11.0 Å². The zero-order chi connectivity index (χ0) is 29.8. The number of aryl methyl sites for hydroxylation is 1. The lowest BCUT2D eigenvalue weighted by Crippen LogP contribution is -2.71. The Kier molecular flexibility index (Phi) is 8.92. The topological polar surface area (TPSA) is 101 Å². The molecule has 8 nitrogen and oxygen atoms in total. The Morgan fingerprint density at radius 2 is 1.58 bits per heavy atom. The summed E-state index contributed by atoms with van der Waals surface area (Å²) in [7, 11) is 0. The zero-order valence-corrected chi connectivity index (χ0v) is 25.6. The number of rotatable bonds is 10. The van der Waals surface area contributed by atoms with Crippen molar-refractivity contribution in [3.05, 3.63) is 124 Å². The first-order valence-corrected chi connectivity index (χ1v) is 16.5. The van der Waals surface area contributed by atoms with Gasteiger partial charge in [-0.1, -0.05) is 114 Å². The smallest absolute Gasteiger partial charge is 0.355 e. The van der Waals surface area contributed by atoms with Gasteiger partial charge in [-0.3, -0.25) is 14.5 Å². The van der Waals surface area contributed by atoms with Crippen LogP contribution in [-0.4, -0.2) is 55.3 Å². The molecule has 0 spiro atoms. The number of ether oxygens (including phenoxy) is 1. The van der Waals surface area contributed by atoms with Crippen molar-refractivity contribution in [1.82, 2.24) is 20.4 Å². The van der Waals surface area contributed by atoms with Crippen molar-refractivity contribution in [3.8, 4) is 0 Å². The molecule has 0 aliphatic carbocycles. The van der Waals surface area contributed by atoms with Gasteiger partial charge >= 0.3 is 5.97 Å². The number of β-lactam (4-membered cyclic amide) rings is 1. The number of carbonyl (C=O) groups is 3. The van der Waals surface area contributed by atoms with Gasteiger partial charge in [0.1, 0.15) is 22.1 Å². The molecule has 0 radical (unpaired) electrons. The maximum atomic E-state index is 13.9. The fourth-order valence-electron chi connectivity index (χ4n) is 4.97. The van der Waals surface area contributed by atoms with Gasteiger partial charge in [0.25, 0.3) is 5.91 Å². The highest BCUT2D eigenvalue weighted by Crippen LogP contribution is 2.43. The Morgan fingerprint density at radius 1 is 0.953 bits per heavy atom. The molecule has 1 fully saturated rings. The summed E-state index contributed by atoms with van der Waals surface area (Å²) in [6.07, 6.45) is 1.31. The summed E-state index contributed by atoms with van der Waals surface area (Å²) in [6.45, 7) is 1.90. The van der Waals surface area contributed by atoms with Crippen LogP contribution in [0.4, 0.5) is 0 Å². The number of thioether (sulfide) groups is 2. The first kappa shape index (κ1) is 29.2. The van der Waals surface area contributed by atoms with Crippen molar-refractivity contribution >= 4 is 52.6 Å². The van der Waals surface area contributed by atoms with Crippen LogP contribution in [0.15, 0.2) is 107 Å². The standard InChI is InChI=1S/C32H28N4O4S3/c1-20-34-35-32(42-20)41-19-24-18-25(31(39)40-28(22-13-7-3-8-14-22)23-15-9-4-10-16-23)36-29(38)27(30(36)43-24)33-26(37)17-21-11-5-2-6-12-21/h2-16,18,24,27-28,30H,17,19H2,1H3,(H,33,37)/t24?,27?,30-/m0/s1. The minimum atomic E-state index is -0.743. The van der Waals surface area contributed by atoms with E-state index in [-0.39, 0.29) is 29.2 Å². The van der Waals surface area contributed by atoms with Crippen LogP contribution in [0.1, 0.15) is 27.8 Å². The Labute approximate surface area is 261 Å². The zero-order valence-electron chi connectivity index (χ0n) is 23.2. The Bertz CT molecular complexity index is 1590. The number of hydrogen-bond acceptors (Lipinski definition) is 9. The number of aromatic nitrogens is 2. The second-order valence-corrected chi connectivity index (χ2v) is 13.8. The van der Waals surface area contributed by atoms with E-state index >= 15 is 0 Å². The summed E-state index contributed by atoms with van der Waals surface area (Å²) in [4.78, 5) is 41.7. The molecule has 4 aromatic rings. The van der Waals surface area contributed by atoms with Crippen molar-refractivity contribution in [2.45, 2.75) is 40.5 Å². The highest BCUT2D eigenvalue weighted by Gasteiger charge is 2.54. The third-order valence-corrected chi connectivity index (χ3v) is 10.7. The maximum Gasteiger partial charge on any atom is 0.355 e. The molecule has 2 amide bonds. The number of carbonyl (C=O) groups excluding carboxylic acids is 3. The van der Waals surface area contributed by atoms with Crippen LogP contribution in [0.2, 0.25) is 0 Å². The van der Waals surface area contributed by atoms with Crippen LogP contribution in [0.25, 0.3) is 0 Å². The van der Waals surface area contributed by atoms with Gasteiger partial charge in [-0.15, -0.1) is 22.0 Å². The van der Waals surface area contributed by atoms with Gasteiger partial charge in [0.05, 0.1) is 6.42 Å². The molecule has 43 heavy (non-hydrogen) atoms. The molecular weight excluding hydrogens is 601 g/mol. The van der Waals surface area contributed by atoms with E-state index in [0.717, 1.165) is 26.0 Å². The van der Waals surface area contributed by atoms with Gasteiger partial charge < -0.3 is 10.1 Å². The molecule has 6 rings (SSSR count). The van der Waals surface area contributed by atoms with Crippen molar-refractivity contribution in [2.75, 3.05) is 5.75 Å². The van der Waals surface area contributed by atoms with E-state index in [1.54, 1.807) is 29.6 Å². The number of nitrogens with one attached hydrogen (secondary N) is 1. The monoisotopic (exact) mass is 628 g/mol. The molecule has 218 valence electrons. The number of fused-ring (bicyclic) bond motifs is 1. The number of esters is 1. The van der Waals surface area contributed by atoms with Crippen LogP contribution in [0.5, 0.6) is 0 Å². The highest BCUT2D eigenvalue weighted by atomic mass is 32.2. The Balaban J connectivity index is 1.24. The largest absolute Gasteiger partial charge is 0.448 e. The Morgan fingerprint density at radius 3 is 2.19 bits per heavy atom. The summed E-state index contributed by atoms with van der Waals surface area (Å²) < 4.78 is 6.98. The van der Waals surface area contributed by atoms with Gasteiger partial charge in [0.2, 0.25) is 5.91 Å². The van der Waals surface area contributed by atoms with Gasteiger partial charge in [-0.05, 0) is 29.7 Å². The molecule has 2 aliphatic heterocycles. The van der Waals surface area contributed by atoms with Gasteiger partial charge in [0.15, 0.2) is 10.4 Å². The average Bonchev–Trinajstić information content (AvgIpc) is 3.47. The Hall–Kier alpha value is -3.93. The van der Waals surface area contributed by atoms with Gasteiger partial charge in [-0.25, -0.2) is 4.79 Å². The lowest BCUT2D eigenvalue weighted by Gasteiger charge is -2.50.